The fourth-order valence-corrected chi connectivity index (χ4v) is 4.26. The number of aromatic nitrogens is 2. The van der Waals surface area contributed by atoms with E-state index in [-0.39, 0.29) is 24.1 Å². The van der Waals surface area contributed by atoms with Crippen LogP contribution in [0.25, 0.3) is 0 Å². The average molecular weight is 570 g/mol. The van der Waals surface area contributed by atoms with E-state index in [9.17, 15) is 9.59 Å². The Kier molecular flexibility index (Phi) is 9.26. The molecule has 0 spiro atoms. The van der Waals surface area contributed by atoms with Gasteiger partial charge in [-0.05, 0) is 48.5 Å². The Morgan fingerprint density at radius 3 is 2.61 bits per heavy atom. The fourth-order valence-electron chi connectivity index (χ4n) is 3.16. The summed E-state index contributed by atoms with van der Waals surface area (Å²) in [6.45, 7) is 0.253. The van der Waals surface area contributed by atoms with Gasteiger partial charge in [-0.1, -0.05) is 52.7 Å². The second kappa shape index (κ2) is 13.0. The molecule has 0 fully saturated rings. The fraction of sp³-hybridized carbons (Fsp3) is 0.115. The molecule has 0 saturated heterocycles. The number of nitrogens with zero attached hydrogens (tertiary/aromatic N) is 3. The lowest BCUT2D eigenvalue weighted by Crippen LogP contribution is -2.19. The van der Waals surface area contributed by atoms with Crippen LogP contribution in [0.15, 0.2) is 71.8 Å². The Bertz CT molecular complexity index is 1460. The maximum Gasteiger partial charge on any atom is 0.257 e. The molecule has 2 N–H and O–H groups in total. The second-order valence-electron chi connectivity index (χ2n) is 7.72. The standard InChI is InChI=1S/C26H21Cl2N5O4S/c1-36-20-9-6-16(7-10-20)25(35)30-26-33-32-24(38-26)13-23(34)31-29-14-18-12-19(27)8-11-22(18)37-15-17-4-2-3-5-21(17)28/h2-12,14H,13,15H2,1H3,(H,31,34)(H,30,33,35)/b29-14-. The number of anilines is 1. The minimum atomic E-state index is -0.411. The minimum absolute atomic E-state index is 0.0706. The third-order valence-electron chi connectivity index (χ3n) is 5.06. The third-order valence-corrected chi connectivity index (χ3v) is 6.50. The second-order valence-corrected chi connectivity index (χ2v) is 9.62. The van der Waals surface area contributed by atoms with E-state index >= 15 is 0 Å². The first-order chi connectivity index (χ1) is 18.4. The summed E-state index contributed by atoms with van der Waals surface area (Å²) >= 11 is 13.4. The number of amides is 2. The molecule has 1 aromatic heterocycles. The Balaban J connectivity index is 1.31. The summed E-state index contributed by atoms with van der Waals surface area (Å²) in [4.78, 5) is 24.7. The third kappa shape index (κ3) is 7.51. The van der Waals surface area contributed by atoms with Gasteiger partial charge in [-0.25, -0.2) is 5.43 Å². The van der Waals surface area contributed by atoms with Gasteiger partial charge in [0, 0.05) is 26.7 Å². The Morgan fingerprint density at radius 1 is 1.05 bits per heavy atom. The first-order valence-electron chi connectivity index (χ1n) is 11.2. The molecule has 12 heteroatoms. The molecule has 194 valence electrons. The van der Waals surface area contributed by atoms with Crippen LogP contribution in [0.4, 0.5) is 5.13 Å². The molecule has 0 aliphatic rings. The number of halogens is 2. The van der Waals surface area contributed by atoms with Crippen LogP contribution in [-0.4, -0.2) is 35.3 Å². The molecule has 0 aliphatic heterocycles. The number of hydrogen-bond acceptors (Lipinski definition) is 8. The monoisotopic (exact) mass is 569 g/mol. The molecule has 4 aromatic rings. The van der Waals surface area contributed by atoms with E-state index in [1.807, 2.05) is 18.2 Å². The SMILES string of the molecule is COc1ccc(C(=O)Nc2nnc(CC(=O)N/N=C\c3cc(Cl)ccc3OCc3ccccc3Cl)s2)cc1. The first-order valence-corrected chi connectivity index (χ1v) is 12.7. The molecule has 0 radical (unpaired) electrons. The zero-order valence-corrected chi connectivity index (χ0v) is 22.3. The normalized spacial score (nSPS) is 10.8. The van der Waals surface area contributed by atoms with E-state index in [1.165, 1.54) is 6.21 Å². The predicted octanol–water partition coefficient (Wildman–Crippen LogP) is 5.38. The van der Waals surface area contributed by atoms with Gasteiger partial charge in [-0.2, -0.15) is 5.10 Å². The van der Waals surface area contributed by atoms with Gasteiger partial charge >= 0.3 is 0 Å². The van der Waals surface area contributed by atoms with Crippen LogP contribution in [0.3, 0.4) is 0 Å². The highest BCUT2D eigenvalue weighted by molar-refractivity contribution is 7.15. The smallest absolute Gasteiger partial charge is 0.257 e. The van der Waals surface area contributed by atoms with Crippen LogP contribution < -0.4 is 20.2 Å². The highest BCUT2D eigenvalue weighted by Crippen LogP contribution is 2.24. The number of rotatable bonds is 10. The highest BCUT2D eigenvalue weighted by Gasteiger charge is 2.13. The van der Waals surface area contributed by atoms with Gasteiger partial charge in [0.15, 0.2) is 0 Å². The summed E-state index contributed by atoms with van der Waals surface area (Å²) in [6, 6.07) is 19.1. The van der Waals surface area contributed by atoms with Crippen LogP contribution in [0.5, 0.6) is 11.5 Å². The van der Waals surface area contributed by atoms with Crippen molar-refractivity contribution in [1.29, 1.82) is 0 Å². The molecule has 2 amide bonds. The summed E-state index contributed by atoms with van der Waals surface area (Å²) in [7, 11) is 1.55. The van der Waals surface area contributed by atoms with Gasteiger partial charge < -0.3 is 9.47 Å². The van der Waals surface area contributed by atoms with Crippen LogP contribution >= 0.6 is 34.5 Å². The molecular formula is C26H21Cl2N5O4S. The molecule has 0 unspecified atom stereocenters. The summed E-state index contributed by atoms with van der Waals surface area (Å²) in [5.74, 6) is 0.405. The summed E-state index contributed by atoms with van der Waals surface area (Å²) in [5, 5.41) is 16.3. The Hall–Kier alpha value is -3.99. The zero-order chi connectivity index (χ0) is 26.9. The lowest BCUT2D eigenvalue weighted by molar-refractivity contribution is -0.120. The molecule has 0 aliphatic carbocycles. The molecule has 4 rings (SSSR count). The van der Waals surface area contributed by atoms with E-state index in [1.54, 1.807) is 55.6 Å². The molecule has 38 heavy (non-hydrogen) atoms. The van der Waals surface area contributed by atoms with Crippen molar-refractivity contribution in [2.75, 3.05) is 12.4 Å². The van der Waals surface area contributed by atoms with Gasteiger partial charge in [0.25, 0.3) is 5.91 Å². The summed E-state index contributed by atoms with van der Waals surface area (Å²) in [6.07, 6.45) is 1.37. The van der Waals surface area contributed by atoms with Crippen LogP contribution in [0.1, 0.15) is 26.5 Å². The van der Waals surface area contributed by atoms with Crippen molar-refractivity contribution in [3.63, 3.8) is 0 Å². The lowest BCUT2D eigenvalue weighted by Gasteiger charge is -2.10. The number of nitrogens with one attached hydrogen (secondary N) is 2. The molecule has 0 atom stereocenters. The van der Waals surface area contributed by atoms with E-state index in [2.05, 4.69) is 26.0 Å². The van der Waals surface area contributed by atoms with Crippen molar-refractivity contribution in [2.24, 2.45) is 5.10 Å². The number of hydrazone groups is 1. The van der Waals surface area contributed by atoms with Gasteiger partial charge in [-0.3, -0.25) is 14.9 Å². The maximum absolute atomic E-state index is 12.4. The van der Waals surface area contributed by atoms with Crippen molar-refractivity contribution in [3.8, 4) is 11.5 Å². The van der Waals surface area contributed by atoms with Crippen molar-refractivity contribution in [1.82, 2.24) is 15.6 Å². The molecule has 3 aromatic carbocycles. The lowest BCUT2D eigenvalue weighted by atomic mass is 10.2. The van der Waals surface area contributed by atoms with Crippen LogP contribution in [0, 0.1) is 0 Å². The number of hydrogen-bond donors (Lipinski definition) is 2. The van der Waals surface area contributed by atoms with Gasteiger partial charge in [0.2, 0.25) is 11.0 Å². The van der Waals surface area contributed by atoms with Crippen molar-refractivity contribution >= 4 is 57.7 Å². The largest absolute Gasteiger partial charge is 0.497 e. The van der Waals surface area contributed by atoms with Gasteiger partial charge in [0.1, 0.15) is 23.1 Å². The number of carbonyl (C=O) groups excluding carboxylic acids is 2. The quantitative estimate of drug-likeness (QED) is 0.196. The van der Waals surface area contributed by atoms with E-state index in [4.69, 9.17) is 32.7 Å². The molecule has 1 heterocycles. The predicted molar refractivity (Wildman–Crippen MR) is 148 cm³/mol. The maximum atomic E-state index is 12.4. The van der Waals surface area contributed by atoms with Crippen molar-refractivity contribution in [2.45, 2.75) is 13.0 Å². The van der Waals surface area contributed by atoms with E-state index in [0.29, 0.717) is 37.7 Å². The van der Waals surface area contributed by atoms with E-state index in [0.717, 1.165) is 16.9 Å². The average Bonchev–Trinajstić information content (AvgIpc) is 3.35. The van der Waals surface area contributed by atoms with Crippen molar-refractivity contribution < 1.29 is 19.1 Å². The van der Waals surface area contributed by atoms with E-state index < -0.39 is 5.91 Å². The first kappa shape index (κ1) is 27.1. The van der Waals surface area contributed by atoms with Crippen molar-refractivity contribution in [3.05, 3.63) is 98.5 Å². The Morgan fingerprint density at radius 2 is 1.84 bits per heavy atom. The Labute approximate surface area is 232 Å². The molecule has 0 bridgehead atoms. The van der Waals surface area contributed by atoms with Crippen LogP contribution in [-0.2, 0) is 17.8 Å². The van der Waals surface area contributed by atoms with Gasteiger partial charge in [-0.15, -0.1) is 10.2 Å². The summed E-state index contributed by atoms with van der Waals surface area (Å²) < 4.78 is 11.0. The number of carbonyl (C=O) groups is 2. The number of benzene rings is 3. The minimum Gasteiger partial charge on any atom is -0.497 e. The van der Waals surface area contributed by atoms with Crippen LogP contribution in [0.2, 0.25) is 10.0 Å². The molecular weight excluding hydrogens is 549 g/mol. The topological polar surface area (TPSA) is 115 Å². The highest BCUT2D eigenvalue weighted by atomic mass is 35.5. The number of methoxy groups -OCH3 is 1. The molecule has 0 saturated carbocycles. The molecule has 9 nitrogen and oxygen atoms in total. The van der Waals surface area contributed by atoms with Gasteiger partial charge in [0.05, 0.1) is 19.7 Å². The summed E-state index contributed by atoms with van der Waals surface area (Å²) in [5.41, 5.74) is 4.29. The zero-order valence-electron chi connectivity index (χ0n) is 20.0. The number of ether oxygens (including phenoxy) is 2.